The van der Waals surface area contributed by atoms with Crippen LogP contribution in [0.15, 0.2) is 24.3 Å². The summed E-state index contributed by atoms with van der Waals surface area (Å²) >= 11 is 0. The van der Waals surface area contributed by atoms with Gasteiger partial charge >= 0.3 is 0 Å². The highest BCUT2D eigenvalue weighted by Crippen LogP contribution is 2.18. The van der Waals surface area contributed by atoms with Gasteiger partial charge in [-0.3, -0.25) is 9.59 Å². The lowest BCUT2D eigenvalue weighted by atomic mass is 10.1. The molecule has 0 spiro atoms. The van der Waals surface area contributed by atoms with Gasteiger partial charge < -0.3 is 10.2 Å². The first-order chi connectivity index (χ1) is 11.2. The van der Waals surface area contributed by atoms with Gasteiger partial charge in [-0.15, -0.1) is 0 Å². The Morgan fingerprint density at radius 1 is 1.21 bits per heavy atom. The standard InChI is InChI=1S/C17H24N2O4S/c1-12(2)10-18-16(20)13-4-6-14(7-5-13)17(21)19(3)15-8-9-24(22,23)11-15/h4-7,12,15H,8-11H2,1-3H3,(H,18,20). The zero-order chi connectivity index (χ0) is 17.9. The van der Waals surface area contributed by atoms with Crippen molar-refractivity contribution in [2.24, 2.45) is 5.92 Å². The van der Waals surface area contributed by atoms with Crippen molar-refractivity contribution in [1.29, 1.82) is 0 Å². The number of rotatable bonds is 5. The molecule has 1 atom stereocenters. The molecule has 1 N–H and O–H groups in total. The molecule has 1 aromatic carbocycles. The molecule has 1 aromatic rings. The average Bonchev–Trinajstić information content (AvgIpc) is 2.91. The van der Waals surface area contributed by atoms with Gasteiger partial charge in [-0.1, -0.05) is 13.8 Å². The van der Waals surface area contributed by atoms with Crippen molar-refractivity contribution >= 4 is 21.7 Å². The Morgan fingerprint density at radius 3 is 2.29 bits per heavy atom. The maximum absolute atomic E-state index is 12.5. The predicted octanol–water partition coefficient (Wildman–Crippen LogP) is 1.33. The molecule has 24 heavy (non-hydrogen) atoms. The number of hydrogen-bond donors (Lipinski definition) is 1. The van der Waals surface area contributed by atoms with Crippen LogP contribution in [0.2, 0.25) is 0 Å². The molecule has 1 unspecified atom stereocenters. The van der Waals surface area contributed by atoms with E-state index in [1.54, 1.807) is 31.3 Å². The summed E-state index contributed by atoms with van der Waals surface area (Å²) in [5.74, 6) is 0.116. The van der Waals surface area contributed by atoms with E-state index in [-0.39, 0.29) is 29.4 Å². The summed E-state index contributed by atoms with van der Waals surface area (Å²) in [4.78, 5) is 25.9. The number of hydrogen-bond acceptors (Lipinski definition) is 4. The Balaban J connectivity index is 2.02. The van der Waals surface area contributed by atoms with Crippen molar-refractivity contribution in [2.75, 3.05) is 25.1 Å². The molecule has 6 nitrogen and oxygen atoms in total. The normalized spacial score (nSPS) is 19.2. The molecular formula is C17H24N2O4S. The minimum Gasteiger partial charge on any atom is -0.352 e. The fourth-order valence-corrected chi connectivity index (χ4v) is 4.39. The predicted molar refractivity (Wildman–Crippen MR) is 92.8 cm³/mol. The number of carbonyl (C=O) groups is 2. The lowest BCUT2D eigenvalue weighted by molar-refractivity contribution is 0.0747. The summed E-state index contributed by atoms with van der Waals surface area (Å²) < 4.78 is 23.1. The van der Waals surface area contributed by atoms with E-state index in [9.17, 15) is 18.0 Å². The van der Waals surface area contributed by atoms with Crippen LogP contribution in [0.5, 0.6) is 0 Å². The molecule has 1 aliphatic heterocycles. The number of sulfone groups is 1. The lowest BCUT2D eigenvalue weighted by Gasteiger charge is -2.23. The Labute approximate surface area is 143 Å². The van der Waals surface area contributed by atoms with E-state index in [2.05, 4.69) is 5.32 Å². The first kappa shape index (κ1) is 18.4. The summed E-state index contributed by atoms with van der Waals surface area (Å²) in [5, 5.41) is 2.82. The van der Waals surface area contributed by atoms with Crippen molar-refractivity contribution in [3.63, 3.8) is 0 Å². The van der Waals surface area contributed by atoms with Crippen molar-refractivity contribution in [3.05, 3.63) is 35.4 Å². The Hall–Kier alpha value is -1.89. The van der Waals surface area contributed by atoms with Crippen LogP contribution in [-0.4, -0.2) is 56.3 Å². The van der Waals surface area contributed by atoms with Gasteiger partial charge in [0.25, 0.3) is 11.8 Å². The third-order valence-corrected chi connectivity index (χ3v) is 5.89. The topological polar surface area (TPSA) is 83.6 Å². The van der Waals surface area contributed by atoms with Gasteiger partial charge in [0.2, 0.25) is 0 Å². The third kappa shape index (κ3) is 4.56. The highest BCUT2D eigenvalue weighted by Gasteiger charge is 2.33. The second-order valence-corrected chi connectivity index (χ2v) is 8.88. The molecule has 0 saturated carbocycles. The molecule has 1 fully saturated rings. The van der Waals surface area contributed by atoms with Crippen LogP contribution in [0.1, 0.15) is 41.0 Å². The van der Waals surface area contributed by atoms with Crippen LogP contribution in [0.3, 0.4) is 0 Å². The first-order valence-corrected chi connectivity index (χ1v) is 9.87. The van der Waals surface area contributed by atoms with Crippen LogP contribution in [0, 0.1) is 5.92 Å². The van der Waals surface area contributed by atoms with Crippen molar-refractivity contribution in [1.82, 2.24) is 10.2 Å². The average molecular weight is 352 g/mol. The van der Waals surface area contributed by atoms with Crippen LogP contribution in [0.4, 0.5) is 0 Å². The lowest BCUT2D eigenvalue weighted by Crippen LogP contribution is -2.37. The number of nitrogens with one attached hydrogen (secondary N) is 1. The van der Waals surface area contributed by atoms with E-state index in [0.29, 0.717) is 30.0 Å². The minimum absolute atomic E-state index is 0.0188. The minimum atomic E-state index is -3.03. The molecule has 0 bridgehead atoms. The number of amides is 2. The SMILES string of the molecule is CC(C)CNC(=O)c1ccc(C(=O)N(C)C2CCS(=O)(=O)C2)cc1. The van der Waals surface area contributed by atoms with Crippen LogP contribution >= 0.6 is 0 Å². The molecule has 0 radical (unpaired) electrons. The molecule has 132 valence electrons. The summed E-state index contributed by atoms with van der Waals surface area (Å²) in [5.41, 5.74) is 0.945. The molecule has 2 amide bonds. The number of nitrogens with zero attached hydrogens (tertiary/aromatic N) is 1. The summed E-state index contributed by atoms with van der Waals surface area (Å²) in [6.45, 7) is 4.63. The van der Waals surface area contributed by atoms with Gasteiger partial charge in [-0.2, -0.15) is 0 Å². The summed E-state index contributed by atoms with van der Waals surface area (Å²) in [6.07, 6.45) is 0.472. The zero-order valence-electron chi connectivity index (χ0n) is 14.3. The molecule has 1 heterocycles. The Bertz CT molecular complexity index is 711. The third-order valence-electron chi connectivity index (χ3n) is 4.14. The van der Waals surface area contributed by atoms with Crippen molar-refractivity contribution in [2.45, 2.75) is 26.3 Å². The smallest absolute Gasteiger partial charge is 0.253 e. The fraction of sp³-hybridized carbons (Fsp3) is 0.529. The molecule has 1 aliphatic rings. The largest absolute Gasteiger partial charge is 0.352 e. The van der Waals surface area contributed by atoms with E-state index < -0.39 is 9.84 Å². The van der Waals surface area contributed by atoms with Gasteiger partial charge in [-0.05, 0) is 36.6 Å². The zero-order valence-corrected chi connectivity index (χ0v) is 15.1. The molecule has 0 aliphatic carbocycles. The number of benzene rings is 1. The van der Waals surface area contributed by atoms with E-state index in [4.69, 9.17) is 0 Å². The maximum Gasteiger partial charge on any atom is 0.253 e. The second kappa shape index (κ2) is 7.34. The van der Waals surface area contributed by atoms with E-state index >= 15 is 0 Å². The van der Waals surface area contributed by atoms with E-state index in [1.165, 1.54) is 4.90 Å². The quantitative estimate of drug-likeness (QED) is 0.866. The molecular weight excluding hydrogens is 328 g/mol. The van der Waals surface area contributed by atoms with Gasteiger partial charge in [-0.25, -0.2) is 8.42 Å². The molecule has 1 saturated heterocycles. The highest BCUT2D eigenvalue weighted by molar-refractivity contribution is 7.91. The van der Waals surface area contributed by atoms with Gasteiger partial charge in [0.05, 0.1) is 11.5 Å². The van der Waals surface area contributed by atoms with E-state index in [1.807, 2.05) is 13.8 Å². The molecule has 2 rings (SSSR count). The van der Waals surface area contributed by atoms with Crippen molar-refractivity contribution in [3.8, 4) is 0 Å². The second-order valence-electron chi connectivity index (χ2n) is 6.65. The van der Waals surface area contributed by atoms with Crippen LogP contribution in [0.25, 0.3) is 0 Å². The van der Waals surface area contributed by atoms with Crippen LogP contribution in [-0.2, 0) is 9.84 Å². The Kier molecular flexibility index (Phi) is 5.64. The van der Waals surface area contributed by atoms with Gasteiger partial charge in [0.15, 0.2) is 9.84 Å². The maximum atomic E-state index is 12.5. The highest BCUT2D eigenvalue weighted by atomic mass is 32.2. The Morgan fingerprint density at radius 2 is 1.79 bits per heavy atom. The van der Waals surface area contributed by atoms with Gasteiger partial charge in [0.1, 0.15) is 0 Å². The summed E-state index contributed by atoms with van der Waals surface area (Å²) in [7, 11) is -1.41. The van der Waals surface area contributed by atoms with Crippen LogP contribution < -0.4 is 5.32 Å². The number of carbonyl (C=O) groups excluding carboxylic acids is 2. The first-order valence-electron chi connectivity index (χ1n) is 8.05. The van der Waals surface area contributed by atoms with Gasteiger partial charge in [0, 0.05) is 30.8 Å². The fourth-order valence-electron chi connectivity index (χ4n) is 2.61. The monoisotopic (exact) mass is 352 g/mol. The van der Waals surface area contributed by atoms with E-state index in [0.717, 1.165) is 0 Å². The molecule has 7 heteroatoms. The summed E-state index contributed by atoms with van der Waals surface area (Å²) in [6, 6.07) is 6.15. The molecule has 0 aromatic heterocycles. The van der Waals surface area contributed by atoms with Crippen molar-refractivity contribution < 1.29 is 18.0 Å².